The van der Waals surface area contributed by atoms with Crippen molar-refractivity contribution in [2.75, 3.05) is 47.4 Å². The predicted molar refractivity (Wildman–Crippen MR) is 119 cm³/mol. The number of aryl methyl sites for hydroxylation is 1. The number of para-hydroxylation sites is 2. The Morgan fingerprint density at radius 3 is 2.20 bits per heavy atom. The molecule has 1 fully saturated rings. The molecule has 3 heterocycles. The van der Waals surface area contributed by atoms with E-state index in [1.807, 2.05) is 29.2 Å². The average molecular weight is 399 g/mol. The average Bonchev–Trinajstić information content (AvgIpc) is 2.84. The number of hydrogen-bond acceptors (Lipinski definition) is 5. The molecule has 0 atom stereocenters. The maximum absolute atomic E-state index is 13.1. The Bertz CT molecular complexity index is 1010. The first-order valence-electron chi connectivity index (χ1n) is 10.6. The molecule has 0 radical (unpaired) electrons. The van der Waals surface area contributed by atoms with E-state index in [0.29, 0.717) is 11.5 Å². The first-order chi connectivity index (χ1) is 14.8. The summed E-state index contributed by atoms with van der Waals surface area (Å²) in [6, 6.07) is 18.6. The summed E-state index contributed by atoms with van der Waals surface area (Å²) in [4.78, 5) is 28.5. The van der Waals surface area contributed by atoms with Crippen molar-refractivity contribution in [1.29, 1.82) is 0 Å². The van der Waals surface area contributed by atoms with Crippen LogP contribution in [0.3, 0.4) is 0 Å². The highest BCUT2D eigenvalue weighted by molar-refractivity contribution is 6.06. The third-order valence-electron chi connectivity index (χ3n) is 5.92. The van der Waals surface area contributed by atoms with Crippen molar-refractivity contribution in [3.63, 3.8) is 0 Å². The van der Waals surface area contributed by atoms with Crippen LogP contribution >= 0.6 is 0 Å². The molecule has 5 rings (SSSR count). The minimum atomic E-state index is -0.0254. The number of benzene rings is 2. The van der Waals surface area contributed by atoms with Crippen LogP contribution in [0.1, 0.15) is 22.3 Å². The highest BCUT2D eigenvalue weighted by Crippen LogP contribution is 2.28. The second-order valence-corrected chi connectivity index (χ2v) is 7.77. The lowest BCUT2D eigenvalue weighted by Crippen LogP contribution is -2.47. The number of aromatic nitrogens is 2. The number of carbonyl (C=O) groups excluding carboxylic acids is 1. The zero-order chi connectivity index (χ0) is 20.3. The molecule has 0 aliphatic carbocycles. The van der Waals surface area contributed by atoms with Crippen LogP contribution in [0.4, 0.5) is 17.3 Å². The normalized spacial score (nSPS) is 16.3. The van der Waals surface area contributed by atoms with Gasteiger partial charge in [-0.3, -0.25) is 4.79 Å². The molecule has 2 aliphatic heterocycles. The van der Waals surface area contributed by atoms with Gasteiger partial charge in [-0.1, -0.05) is 36.4 Å². The Labute approximate surface area is 176 Å². The van der Waals surface area contributed by atoms with Gasteiger partial charge in [-0.25, -0.2) is 9.97 Å². The Balaban J connectivity index is 1.26. The van der Waals surface area contributed by atoms with Gasteiger partial charge in [-0.15, -0.1) is 0 Å². The molecule has 1 amide bonds. The Kier molecular flexibility index (Phi) is 5.05. The van der Waals surface area contributed by atoms with E-state index < -0.39 is 0 Å². The van der Waals surface area contributed by atoms with Crippen LogP contribution in [0.25, 0.3) is 0 Å². The van der Waals surface area contributed by atoms with Gasteiger partial charge in [0.15, 0.2) is 0 Å². The Hall–Kier alpha value is -3.41. The zero-order valence-corrected chi connectivity index (χ0v) is 16.9. The summed E-state index contributed by atoms with van der Waals surface area (Å²) in [6.07, 6.45) is 5.34. The predicted octanol–water partition coefficient (Wildman–Crippen LogP) is 3.40. The molecule has 6 nitrogen and oxygen atoms in total. The lowest BCUT2D eigenvalue weighted by atomic mass is 10.0. The van der Waals surface area contributed by atoms with Crippen molar-refractivity contribution in [2.45, 2.75) is 12.8 Å². The molecule has 1 saturated heterocycles. The summed E-state index contributed by atoms with van der Waals surface area (Å²) < 4.78 is 0. The summed E-state index contributed by atoms with van der Waals surface area (Å²) in [5, 5.41) is 0. The summed E-state index contributed by atoms with van der Waals surface area (Å²) in [5.41, 5.74) is 4.03. The molecule has 152 valence electrons. The fraction of sp³-hybridized carbons (Fsp3) is 0.292. The van der Waals surface area contributed by atoms with Crippen LogP contribution < -0.4 is 14.7 Å². The smallest absolute Gasteiger partial charge is 0.261 e. The van der Waals surface area contributed by atoms with Crippen molar-refractivity contribution < 1.29 is 4.79 Å². The SMILES string of the molecule is O=C(c1cnc(N2CCN(c3ccccc3)CC2)nc1)N1CCCc2ccccc21. The molecule has 1 aromatic heterocycles. The van der Waals surface area contributed by atoms with Gasteiger partial charge in [0.05, 0.1) is 5.56 Å². The number of nitrogens with zero attached hydrogens (tertiary/aromatic N) is 5. The topological polar surface area (TPSA) is 52.6 Å². The minimum Gasteiger partial charge on any atom is -0.368 e. The van der Waals surface area contributed by atoms with Gasteiger partial charge in [0.2, 0.25) is 5.95 Å². The van der Waals surface area contributed by atoms with Gasteiger partial charge in [0.25, 0.3) is 5.91 Å². The van der Waals surface area contributed by atoms with E-state index in [1.165, 1.54) is 11.3 Å². The van der Waals surface area contributed by atoms with Crippen LogP contribution in [-0.4, -0.2) is 48.6 Å². The van der Waals surface area contributed by atoms with Crippen LogP contribution in [-0.2, 0) is 6.42 Å². The lowest BCUT2D eigenvalue weighted by Gasteiger charge is -2.36. The number of rotatable bonds is 3. The number of amides is 1. The first kappa shape index (κ1) is 18.6. The Morgan fingerprint density at radius 1 is 0.767 bits per heavy atom. The van der Waals surface area contributed by atoms with Crippen molar-refractivity contribution in [1.82, 2.24) is 9.97 Å². The summed E-state index contributed by atoms with van der Waals surface area (Å²) >= 11 is 0. The molecule has 0 saturated carbocycles. The third-order valence-corrected chi connectivity index (χ3v) is 5.92. The van der Waals surface area contributed by atoms with Crippen molar-refractivity contribution in [2.24, 2.45) is 0 Å². The van der Waals surface area contributed by atoms with Crippen molar-refractivity contribution >= 4 is 23.2 Å². The maximum atomic E-state index is 13.1. The van der Waals surface area contributed by atoms with Gasteiger partial charge in [0, 0.05) is 56.5 Å². The van der Waals surface area contributed by atoms with Crippen molar-refractivity contribution in [3.8, 4) is 0 Å². The molecule has 6 heteroatoms. The van der Waals surface area contributed by atoms with E-state index in [1.54, 1.807) is 12.4 Å². The van der Waals surface area contributed by atoms with Gasteiger partial charge < -0.3 is 14.7 Å². The zero-order valence-electron chi connectivity index (χ0n) is 16.9. The Morgan fingerprint density at radius 2 is 1.43 bits per heavy atom. The highest BCUT2D eigenvalue weighted by atomic mass is 16.2. The molecule has 0 spiro atoms. The molecule has 2 aromatic carbocycles. The lowest BCUT2D eigenvalue weighted by molar-refractivity contribution is 0.0984. The highest BCUT2D eigenvalue weighted by Gasteiger charge is 2.24. The first-order valence-corrected chi connectivity index (χ1v) is 10.6. The van der Waals surface area contributed by atoms with E-state index in [4.69, 9.17) is 0 Å². The molecule has 0 N–H and O–H groups in total. The second-order valence-electron chi connectivity index (χ2n) is 7.77. The van der Waals surface area contributed by atoms with E-state index in [2.05, 4.69) is 50.1 Å². The quantitative estimate of drug-likeness (QED) is 0.676. The monoisotopic (exact) mass is 399 g/mol. The van der Waals surface area contributed by atoms with Crippen LogP contribution in [0, 0.1) is 0 Å². The largest absolute Gasteiger partial charge is 0.368 e. The van der Waals surface area contributed by atoms with Gasteiger partial charge in [-0.2, -0.15) is 0 Å². The van der Waals surface area contributed by atoms with E-state index in [9.17, 15) is 4.79 Å². The third kappa shape index (κ3) is 3.61. The molecular weight excluding hydrogens is 374 g/mol. The molecule has 3 aromatic rings. The summed E-state index contributed by atoms with van der Waals surface area (Å²) in [7, 11) is 0. The van der Waals surface area contributed by atoms with E-state index in [0.717, 1.165) is 51.3 Å². The van der Waals surface area contributed by atoms with Crippen LogP contribution in [0.15, 0.2) is 67.0 Å². The fourth-order valence-corrected chi connectivity index (χ4v) is 4.30. The number of carbonyl (C=O) groups is 1. The second kappa shape index (κ2) is 8.14. The maximum Gasteiger partial charge on any atom is 0.261 e. The molecule has 30 heavy (non-hydrogen) atoms. The number of piperazine rings is 1. The standard InChI is InChI=1S/C24H25N5O/c30-23(29-12-6-8-19-7-4-5-11-22(19)29)20-17-25-24(26-18-20)28-15-13-27(14-16-28)21-9-2-1-3-10-21/h1-5,7,9-11,17-18H,6,8,12-16H2. The van der Waals surface area contributed by atoms with Crippen LogP contribution in [0.2, 0.25) is 0 Å². The van der Waals surface area contributed by atoms with Gasteiger partial charge in [0.1, 0.15) is 0 Å². The van der Waals surface area contributed by atoms with Crippen molar-refractivity contribution in [3.05, 3.63) is 78.1 Å². The molecule has 0 unspecified atom stereocenters. The summed E-state index contributed by atoms with van der Waals surface area (Å²) in [6.45, 7) is 4.32. The van der Waals surface area contributed by atoms with Gasteiger partial charge >= 0.3 is 0 Å². The van der Waals surface area contributed by atoms with E-state index >= 15 is 0 Å². The van der Waals surface area contributed by atoms with Gasteiger partial charge in [-0.05, 0) is 36.6 Å². The molecular formula is C24H25N5O. The number of hydrogen-bond donors (Lipinski definition) is 0. The molecule has 0 bridgehead atoms. The van der Waals surface area contributed by atoms with E-state index in [-0.39, 0.29) is 5.91 Å². The minimum absolute atomic E-state index is 0.0254. The molecule has 2 aliphatic rings. The van der Waals surface area contributed by atoms with Crippen LogP contribution in [0.5, 0.6) is 0 Å². The fourth-order valence-electron chi connectivity index (χ4n) is 4.30. The summed E-state index contributed by atoms with van der Waals surface area (Å²) in [5.74, 6) is 0.668. The number of fused-ring (bicyclic) bond motifs is 1. The number of anilines is 3.